The molecule has 0 bridgehead atoms. The second-order valence-corrected chi connectivity index (χ2v) is 2.00. The molecule has 10 heavy (non-hydrogen) atoms. The van der Waals surface area contributed by atoms with Crippen LogP contribution in [-0.4, -0.2) is 4.98 Å². The molecule has 0 fully saturated rings. The summed E-state index contributed by atoms with van der Waals surface area (Å²) in [7, 11) is 0. The maximum absolute atomic E-state index is 5.55. The Bertz CT molecular complexity index is 264. The van der Waals surface area contributed by atoms with Crippen molar-refractivity contribution in [3.05, 3.63) is 23.5 Å². The van der Waals surface area contributed by atoms with E-state index in [9.17, 15) is 0 Å². The number of aromatic nitrogens is 1. The second-order valence-electron chi connectivity index (χ2n) is 2.00. The molecule has 0 spiro atoms. The monoisotopic (exact) mass is 132 g/mol. The maximum atomic E-state index is 5.55. The number of nitrogens with zero attached hydrogens (tertiary/aromatic N) is 1. The van der Waals surface area contributed by atoms with E-state index in [1.54, 1.807) is 12.3 Å². The molecule has 1 aromatic rings. The Morgan fingerprint density at radius 1 is 1.70 bits per heavy atom. The van der Waals surface area contributed by atoms with Crippen LogP contribution < -0.4 is 5.73 Å². The van der Waals surface area contributed by atoms with Gasteiger partial charge in [0.1, 0.15) is 0 Å². The van der Waals surface area contributed by atoms with Crippen LogP contribution in [0.25, 0.3) is 0 Å². The fraction of sp³-hybridized carbons (Fsp3) is 0.125. The molecule has 2 N–H and O–H groups in total. The van der Waals surface area contributed by atoms with E-state index in [0.29, 0.717) is 11.3 Å². The maximum Gasteiger partial charge on any atom is 0.0684 e. The van der Waals surface area contributed by atoms with Crippen LogP contribution in [0, 0.1) is 19.3 Å². The highest BCUT2D eigenvalue weighted by atomic mass is 14.7. The van der Waals surface area contributed by atoms with Crippen molar-refractivity contribution in [3.63, 3.8) is 0 Å². The first kappa shape index (κ1) is 6.63. The first-order valence-corrected chi connectivity index (χ1v) is 2.93. The van der Waals surface area contributed by atoms with Crippen LogP contribution in [-0.2, 0) is 0 Å². The van der Waals surface area contributed by atoms with Gasteiger partial charge in [0.15, 0.2) is 0 Å². The lowest BCUT2D eigenvalue weighted by Gasteiger charge is -1.98. The van der Waals surface area contributed by atoms with Gasteiger partial charge in [-0.25, -0.2) is 0 Å². The number of hydrogen-bond acceptors (Lipinski definition) is 2. The summed E-state index contributed by atoms with van der Waals surface area (Å²) in [6.07, 6.45) is 6.83. The average Bonchev–Trinajstić information content (AvgIpc) is 1.88. The number of anilines is 1. The molecule has 0 aliphatic heterocycles. The van der Waals surface area contributed by atoms with E-state index in [2.05, 4.69) is 10.9 Å². The van der Waals surface area contributed by atoms with Gasteiger partial charge in [-0.05, 0) is 13.0 Å². The van der Waals surface area contributed by atoms with Gasteiger partial charge in [0.25, 0.3) is 0 Å². The zero-order valence-corrected chi connectivity index (χ0v) is 5.76. The number of pyridine rings is 1. The third kappa shape index (κ3) is 0.939. The van der Waals surface area contributed by atoms with E-state index in [1.807, 2.05) is 6.92 Å². The van der Waals surface area contributed by atoms with Gasteiger partial charge >= 0.3 is 0 Å². The first-order chi connectivity index (χ1) is 4.75. The minimum Gasteiger partial charge on any atom is -0.398 e. The summed E-state index contributed by atoms with van der Waals surface area (Å²) in [6, 6.07) is 1.70. The molecule has 0 amide bonds. The lowest BCUT2D eigenvalue weighted by molar-refractivity contribution is 1.19. The van der Waals surface area contributed by atoms with E-state index >= 15 is 0 Å². The topological polar surface area (TPSA) is 38.9 Å². The highest BCUT2D eigenvalue weighted by molar-refractivity contribution is 5.56. The van der Waals surface area contributed by atoms with Gasteiger partial charge in [0.05, 0.1) is 16.9 Å². The molecule has 0 aliphatic rings. The number of terminal acetylenes is 1. The van der Waals surface area contributed by atoms with Crippen molar-refractivity contribution in [1.82, 2.24) is 4.98 Å². The van der Waals surface area contributed by atoms with E-state index in [4.69, 9.17) is 12.2 Å². The normalized spacial score (nSPS) is 8.80. The van der Waals surface area contributed by atoms with Crippen LogP contribution >= 0.6 is 0 Å². The average molecular weight is 132 g/mol. The van der Waals surface area contributed by atoms with E-state index in [-0.39, 0.29) is 0 Å². The van der Waals surface area contributed by atoms with Crippen LogP contribution in [0.3, 0.4) is 0 Å². The minimum absolute atomic E-state index is 0.620. The summed E-state index contributed by atoms with van der Waals surface area (Å²) < 4.78 is 0. The Labute approximate surface area is 60.1 Å². The van der Waals surface area contributed by atoms with Crippen molar-refractivity contribution in [2.75, 3.05) is 5.73 Å². The summed E-state index contributed by atoms with van der Waals surface area (Å²) in [6.45, 7) is 1.84. The summed E-state index contributed by atoms with van der Waals surface area (Å²) in [5.74, 6) is 2.48. The summed E-state index contributed by atoms with van der Waals surface area (Å²) >= 11 is 0. The molecule has 0 unspecified atom stereocenters. The Morgan fingerprint density at radius 2 is 2.40 bits per heavy atom. The van der Waals surface area contributed by atoms with Gasteiger partial charge < -0.3 is 5.73 Å². The fourth-order valence-corrected chi connectivity index (χ4v) is 0.774. The van der Waals surface area contributed by atoms with E-state index in [1.165, 1.54) is 0 Å². The van der Waals surface area contributed by atoms with Crippen molar-refractivity contribution in [3.8, 4) is 12.3 Å². The van der Waals surface area contributed by atoms with Crippen LogP contribution in [0.5, 0.6) is 0 Å². The largest absolute Gasteiger partial charge is 0.398 e. The molecule has 2 heteroatoms. The first-order valence-electron chi connectivity index (χ1n) is 2.93. The molecular formula is C8H8N2. The molecule has 0 aromatic carbocycles. The number of aryl methyl sites for hydroxylation is 1. The Balaban J connectivity index is 3.34. The van der Waals surface area contributed by atoms with Crippen molar-refractivity contribution in [2.45, 2.75) is 6.92 Å². The van der Waals surface area contributed by atoms with Gasteiger partial charge in [0.2, 0.25) is 0 Å². The molecule has 0 radical (unpaired) electrons. The zero-order valence-electron chi connectivity index (χ0n) is 5.76. The summed E-state index contributed by atoms with van der Waals surface area (Å²) in [5.41, 5.74) is 7.67. The molecule has 1 aromatic heterocycles. The van der Waals surface area contributed by atoms with Gasteiger partial charge in [-0.1, -0.05) is 5.92 Å². The van der Waals surface area contributed by atoms with Crippen molar-refractivity contribution in [1.29, 1.82) is 0 Å². The molecule has 0 saturated carbocycles. The quantitative estimate of drug-likeness (QED) is 0.534. The molecule has 50 valence electrons. The lowest BCUT2D eigenvalue weighted by Crippen LogP contribution is -1.94. The molecule has 1 heterocycles. The van der Waals surface area contributed by atoms with Crippen LogP contribution in [0.4, 0.5) is 5.69 Å². The van der Waals surface area contributed by atoms with Crippen LogP contribution in [0.1, 0.15) is 11.3 Å². The molecule has 0 atom stereocenters. The van der Waals surface area contributed by atoms with Crippen molar-refractivity contribution in [2.24, 2.45) is 0 Å². The minimum atomic E-state index is 0.620. The van der Waals surface area contributed by atoms with Crippen molar-refractivity contribution >= 4 is 5.69 Å². The standard InChI is InChI=1S/C8H8N2/c1-3-7-6(2)10-5-4-8(7)9/h1,4-5H,2H3,(H2,9,10). The predicted molar refractivity (Wildman–Crippen MR) is 41.3 cm³/mol. The smallest absolute Gasteiger partial charge is 0.0684 e. The Morgan fingerprint density at radius 3 is 2.80 bits per heavy atom. The highest BCUT2D eigenvalue weighted by Crippen LogP contribution is 2.10. The second kappa shape index (κ2) is 2.40. The number of hydrogen-bond donors (Lipinski definition) is 1. The lowest BCUT2D eigenvalue weighted by atomic mass is 10.2. The molecule has 0 aliphatic carbocycles. The third-order valence-electron chi connectivity index (χ3n) is 1.32. The molecular weight excluding hydrogens is 124 g/mol. The highest BCUT2D eigenvalue weighted by Gasteiger charge is 1.97. The summed E-state index contributed by atoms with van der Waals surface area (Å²) in [4.78, 5) is 3.99. The van der Waals surface area contributed by atoms with Crippen LogP contribution in [0.15, 0.2) is 12.3 Å². The van der Waals surface area contributed by atoms with Gasteiger partial charge in [-0.2, -0.15) is 0 Å². The molecule has 1 rings (SSSR count). The molecule has 2 nitrogen and oxygen atoms in total. The van der Waals surface area contributed by atoms with Crippen LogP contribution in [0.2, 0.25) is 0 Å². The van der Waals surface area contributed by atoms with Gasteiger partial charge in [-0.3, -0.25) is 4.98 Å². The SMILES string of the molecule is C#Cc1c(N)ccnc1C. The van der Waals surface area contributed by atoms with E-state index in [0.717, 1.165) is 5.69 Å². The number of nitrogens with two attached hydrogens (primary N) is 1. The Kier molecular flexibility index (Phi) is 1.59. The molecule has 0 saturated heterocycles. The third-order valence-corrected chi connectivity index (χ3v) is 1.32. The van der Waals surface area contributed by atoms with Crippen molar-refractivity contribution < 1.29 is 0 Å². The zero-order chi connectivity index (χ0) is 7.56. The Hall–Kier alpha value is -1.49. The van der Waals surface area contributed by atoms with Gasteiger partial charge in [-0.15, -0.1) is 6.42 Å². The fourth-order valence-electron chi connectivity index (χ4n) is 0.774. The number of rotatable bonds is 0. The predicted octanol–water partition coefficient (Wildman–Crippen LogP) is 0.954. The number of nitrogen functional groups attached to an aromatic ring is 1. The summed E-state index contributed by atoms with van der Waals surface area (Å²) in [5, 5.41) is 0. The van der Waals surface area contributed by atoms with Gasteiger partial charge in [0, 0.05) is 6.20 Å². The van der Waals surface area contributed by atoms with E-state index < -0.39 is 0 Å².